The van der Waals surface area contributed by atoms with Gasteiger partial charge in [-0.3, -0.25) is 0 Å². The minimum absolute atomic E-state index is 0.450. The van der Waals surface area contributed by atoms with Crippen LogP contribution in [0.1, 0.15) is 26.7 Å². The van der Waals surface area contributed by atoms with Crippen LogP contribution < -0.4 is 0 Å². The van der Waals surface area contributed by atoms with E-state index in [1.807, 2.05) is 7.11 Å². The van der Waals surface area contributed by atoms with Crippen LogP contribution in [-0.2, 0) is 4.74 Å². The third kappa shape index (κ3) is 4.33. The van der Waals surface area contributed by atoms with Crippen LogP contribution in [0.3, 0.4) is 0 Å². The minimum Gasteiger partial charge on any atom is -0.380 e. The molecule has 2 atom stereocenters. The third-order valence-corrected chi connectivity index (χ3v) is 3.93. The topological polar surface area (TPSA) is 12.5 Å². The fourth-order valence-electron chi connectivity index (χ4n) is 2.18. The highest BCUT2D eigenvalue weighted by molar-refractivity contribution is 7.80. The molecule has 0 aromatic heterocycles. The van der Waals surface area contributed by atoms with Gasteiger partial charge in [0.1, 0.15) is 0 Å². The van der Waals surface area contributed by atoms with Crippen LogP contribution in [0.4, 0.5) is 0 Å². The number of nitrogens with zero attached hydrogens (tertiary/aromatic N) is 1. The van der Waals surface area contributed by atoms with Crippen molar-refractivity contribution in [3.8, 4) is 0 Å². The van der Waals surface area contributed by atoms with E-state index in [-0.39, 0.29) is 0 Å². The number of ether oxygens (including phenoxy) is 1. The summed E-state index contributed by atoms with van der Waals surface area (Å²) in [6, 6.07) is 0. The Morgan fingerprint density at radius 2 is 2.20 bits per heavy atom. The Hall–Kier alpha value is 0.270. The van der Waals surface area contributed by atoms with Crippen molar-refractivity contribution in [2.45, 2.75) is 32.8 Å². The largest absolute Gasteiger partial charge is 0.380 e. The van der Waals surface area contributed by atoms with E-state index in [4.69, 9.17) is 4.74 Å². The van der Waals surface area contributed by atoms with Crippen LogP contribution in [0.5, 0.6) is 0 Å². The fraction of sp³-hybridized carbons (Fsp3) is 1.00. The first-order valence-corrected chi connectivity index (χ1v) is 6.66. The van der Waals surface area contributed by atoms with Gasteiger partial charge in [0.05, 0.1) is 6.10 Å². The van der Waals surface area contributed by atoms with Gasteiger partial charge >= 0.3 is 0 Å². The highest BCUT2D eigenvalue weighted by atomic mass is 32.1. The highest BCUT2D eigenvalue weighted by Crippen LogP contribution is 2.18. The van der Waals surface area contributed by atoms with E-state index in [0.717, 1.165) is 18.2 Å². The number of hydrogen-bond acceptors (Lipinski definition) is 3. The first kappa shape index (κ1) is 13.3. The molecule has 1 rings (SSSR count). The number of thiol groups is 1. The van der Waals surface area contributed by atoms with Crippen LogP contribution in [0.15, 0.2) is 0 Å². The van der Waals surface area contributed by atoms with E-state index in [1.54, 1.807) is 0 Å². The molecule has 2 nitrogen and oxygen atoms in total. The van der Waals surface area contributed by atoms with Crippen LogP contribution in [0, 0.1) is 11.8 Å². The number of likely N-dealkylation sites (tertiary alicyclic amines) is 1. The Morgan fingerprint density at radius 3 is 2.73 bits per heavy atom. The van der Waals surface area contributed by atoms with Crippen LogP contribution >= 0.6 is 12.6 Å². The van der Waals surface area contributed by atoms with Gasteiger partial charge in [0, 0.05) is 20.2 Å². The summed E-state index contributed by atoms with van der Waals surface area (Å²) in [6.45, 7) is 8.10. The number of hydrogen-bond donors (Lipinski definition) is 1. The Kier molecular flexibility index (Phi) is 6.02. The first-order valence-electron chi connectivity index (χ1n) is 6.03. The van der Waals surface area contributed by atoms with Crippen molar-refractivity contribution < 1.29 is 4.74 Å². The van der Waals surface area contributed by atoms with Gasteiger partial charge in [0.15, 0.2) is 0 Å². The maximum atomic E-state index is 5.44. The molecule has 0 N–H and O–H groups in total. The smallest absolute Gasteiger partial charge is 0.0698 e. The van der Waals surface area contributed by atoms with Crippen LogP contribution in [-0.4, -0.2) is 43.5 Å². The van der Waals surface area contributed by atoms with Crippen molar-refractivity contribution >= 4 is 12.6 Å². The molecule has 90 valence electrons. The van der Waals surface area contributed by atoms with Crippen molar-refractivity contribution in [2.75, 3.05) is 32.5 Å². The molecule has 0 bridgehead atoms. The summed E-state index contributed by atoms with van der Waals surface area (Å²) in [6.07, 6.45) is 2.95. The molecule has 2 unspecified atom stereocenters. The molecule has 1 aliphatic heterocycles. The van der Waals surface area contributed by atoms with Gasteiger partial charge in [0.2, 0.25) is 0 Å². The molecule has 1 heterocycles. The first-order chi connectivity index (χ1) is 7.17. The number of rotatable bonds is 5. The summed E-state index contributed by atoms with van der Waals surface area (Å²) in [5, 5.41) is 0. The maximum absolute atomic E-state index is 5.44. The minimum atomic E-state index is 0.450. The standard InChI is InChI=1S/C12H25NOS/c1-10(2)11(9-15)7-13-6-4-5-12(8-13)14-3/h10-12,15H,4-9H2,1-3H3. The summed E-state index contributed by atoms with van der Waals surface area (Å²) in [4.78, 5) is 2.54. The Bertz CT molecular complexity index is 175. The predicted octanol–water partition coefficient (Wildman–Crippen LogP) is 2.30. The molecule has 0 radical (unpaired) electrons. The Balaban J connectivity index is 2.36. The molecule has 3 heteroatoms. The highest BCUT2D eigenvalue weighted by Gasteiger charge is 2.22. The zero-order valence-corrected chi connectivity index (χ0v) is 11.2. The second kappa shape index (κ2) is 6.77. The monoisotopic (exact) mass is 231 g/mol. The molecule has 0 aliphatic carbocycles. The number of methoxy groups -OCH3 is 1. The molecular formula is C12H25NOS. The number of piperidine rings is 1. The molecule has 1 saturated heterocycles. The van der Waals surface area contributed by atoms with Crippen molar-refractivity contribution in [1.29, 1.82) is 0 Å². The fourth-order valence-corrected chi connectivity index (χ4v) is 2.72. The molecule has 0 aromatic rings. The van der Waals surface area contributed by atoms with Gasteiger partial charge in [-0.15, -0.1) is 0 Å². The molecule has 1 fully saturated rings. The van der Waals surface area contributed by atoms with E-state index < -0.39 is 0 Å². The predicted molar refractivity (Wildman–Crippen MR) is 68.7 cm³/mol. The van der Waals surface area contributed by atoms with Gasteiger partial charge in [0.25, 0.3) is 0 Å². The van der Waals surface area contributed by atoms with Crippen molar-refractivity contribution in [3.05, 3.63) is 0 Å². The van der Waals surface area contributed by atoms with E-state index in [0.29, 0.717) is 12.0 Å². The van der Waals surface area contributed by atoms with Crippen molar-refractivity contribution in [2.24, 2.45) is 11.8 Å². The van der Waals surface area contributed by atoms with Gasteiger partial charge in [-0.2, -0.15) is 12.6 Å². The summed E-state index contributed by atoms with van der Waals surface area (Å²) >= 11 is 4.44. The van der Waals surface area contributed by atoms with E-state index in [2.05, 4.69) is 31.4 Å². The lowest BCUT2D eigenvalue weighted by Crippen LogP contribution is -2.42. The zero-order chi connectivity index (χ0) is 11.3. The second-order valence-electron chi connectivity index (χ2n) is 4.95. The third-order valence-electron chi connectivity index (χ3n) is 3.47. The summed E-state index contributed by atoms with van der Waals surface area (Å²) in [5.41, 5.74) is 0. The van der Waals surface area contributed by atoms with Crippen molar-refractivity contribution in [3.63, 3.8) is 0 Å². The van der Waals surface area contributed by atoms with Crippen LogP contribution in [0.25, 0.3) is 0 Å². The van der Waals surface area contributed by atoms with Gasteiger partial charge in [-0.25, -0.2) is 0 Å². The lowest BCUT2D eigenvalue weighted by atomic mass is 9.96. The SMILES string of the molecule is COC1CCCN(CC(CS)C(C)C)C1. The lowest BCUT2D eigenvalue weighted by molar-refractivity contribution is 0.0246. The normalized spacial score (nSPS) is 25.8. The van der Waals surface area contributed by atoms with Gasteiger partial charge in [-0.05, 0) is 37.0 Å². The molecule has 0 saturated carbocycles. The second-order valence-corrected chi connectivity index (χ2v) is 5.31. The molecule has 15 heavy (non-hydrogen) atoms. The molecule has 1 aliphatic rings. The summed E-state index contributed by atoms with van der Waals surface area (Å²) in [5.74, 6) is 2.43. The van der Waals surface area contributed by atoms with Gasteiger partial charge < -0.3 is 9.64 Å². The van der Waals surface area contributed by atoms with Gasteiger partial charge in [-0.1, -0.05) is 13.8 Å². The Labute approximate surface area is 99.8 Å². The quantitative estimate of drug-likeness (QED) is 0.729. The molecule has 0 spiro atoms. The van der Waals surface area contributed by atoms with E-state index >= 15 is 0 Å². The average Bonchev–Trinajstić information content (AvgIpc) is 2.25. The van der Waals surface area contributed by atoms with Crippen molar-refractivity contribution in [1.82, 2.24) is 4.90 Å². The molecule has 0 aromatic carbocycles. The van der Waals surface area contributed by atoms with E-state index in [9.17, 15) is 0 Å². The maximum Gasteiger partial charge on any atom is 0.0698 e. The zero-order valence-electron chi connectivity index (χ0n) is 10.3. The summed E-state index contributed by atoms with van der Waals surface area (Å²) in [7, 11) is 1.83. The molecular weight excluding hydrogens is 206 g/mol. The lowest BCUT2D eigenvalue weighted by Gasteiger charge is -2.35. The molecule has 0 amide bonds. The summed E-state index contributed by atoms with van der Waals surface area (Å²) < 4.78 is 5.44. The van der Waals surface area contributed by atoms with Crippen LogP contribution in [0.2, 0.25) is 0 Å². The van der Waals surface area contributed by atoms with E-state index in [1.165, 1.54) is 25.9 Å². The Morgan fingerprint density at radius 1 is 1.47 bits per heavy atom. The average molecular weight is 231 g/mol.